The van der Waals surface area contributed by atoms with Gasteiger partial charge in [-0.1, -0.05) is 48.5 Å². The van der Waals surface area contributed by atoms with E-state index in [0.29, 0.717) is 40.7 Å². The Labute approximate surface area is 272 Å². The second-order valence-electron chi connectivity index (χ2n) is 10.4. The quantitative estimate of drug-likeness (QED) is 0.180. The molecule has 0 aliphatic carbocycles. The molecule has 0 spiro atoms. The lowest BCUT2D eigenvalue weighted by molar-refractivity contribution is 0.0982. The van der Waals surface area contributed by atoms with Crippen LogP contribution in [0.15, 0.2) is 91.0 Å². The molecule has 9 heteroatoms. The first kappa shape index (κ1) is 30.0. The summed E-state index contributed by atoms with van der Waals surface area (Å²) in [4.78, 5) is 25.0. The number of carbonyl (C=O) groups is 2. The molecule has 0 amide bonds. The van der Waals surface area contributed by atoms with Crippen molar-refractivity contribution in [1.82, 2.24) is 0 Å². The lowest BCUT2D eigenvalue weighted by Crippen LogP contribution is -2.05. The van der Waals surface area contributed by atoms with Crippen molar-refractivity contribution < 1.29 is 38.7 Å². The number of ether oxygens (including phenoxy) is 4. The Hall–Kier alpha value is -5.03. The molecular weight excluding hydrogens is 687 g/mol. The van der Waals surface area contributed by atoms with Gasteiger partial charge in [0.25, 0.3) is 0 Å². The molecule has 2 aliphatic heterocycles. The third-order valence-electron chi connectivity index (χ3n) is 7.46. The van der Waals surface area contributed by atoms with Gasteiger partial charge in [-0.3, -0.25) is 9.59 Å². The summed E-state index contributed by atoms with van der Waals surface area (Å²) in [6, 6.07) is 27.2. The Bertz CT molecular complexity index is 1950. The number of phenolic OH excluding ortho intramolecular Hbond substituents is 2. The van der Waals surface area contributed by atoms with Gasteiger partial charge in [-0.25, -0.2) is 0 Å². The van der Waals surface area contributed by atoms with E-state index in [1.807, 2.05) is 66.7 Å². The highest BCUT2D eigenvalue weighted by Gasteiger charge is 2.27. The van der Waals surface area contributed by atoms with Crippen LogP contribution < -0.4 is 18.9 Å². The zero-order valence-corrected chi connectivity index (χ0v) is 26.5. The van der Waals surface area contributed by atoms with Crippen LogP contribution in [0.5, 0.6) is 46.0 Å². The van der Waals surface area contributed by atoms with Gasteiger partial charge in [-0.05, 0) is 51.9 Å². The van der Waals surface area contributed by atoms with Crippen LogP contribution in [0.25, 0.3) is 11.1 Å². The van der Waals surface area contributed by atoms with E-state index in [1.165, 1.54) is 13.2 Å². The van der Waals surface area contributed by atoms with Crippen molar-refractivity contribution in [2.45, 2.75) is 12.8 Å². The number of benzene rings is 5. The predicted molar refractivity (Wildman–Crippen MR) is 177 cm³/mol. The summed E-state index contributed by atoms with van der Waals surface area (Å²) in [5.74, 6) is 2.26. The summed E-state index contributed by atoms with van der Waals surface area (Å²) >= 11 is 2.22. The third kappa shape index (κ3) is 6.16. The molecule has 0 aromatic heterocycles. The molecule has 5 aromatic rings. The van der Waals surface area contributed by atoms with Crippen LogP contribution in [0.3, 0.4) is 0 Å². The molecule has 8 nitrogen and oxygen atoms in total. The second kappa shape index (κ2) is 12.5. The summed E-state index contributed by atoms with van der Waals surface area (Å²) in [5.41, 5.74) is 4.19. The number of halogens is 1. The highest BCUT2D eigenvalue weighted by atomic mass is 127. The number of hydrogen-bond donors (Lipinski definition) is 2. The summed E-state index contributed by atoms with van der Waals surface area (Å²) in [6.07, 6.45) is 0.428. The Morgan fingerprint density at radius 3 is 1.98 bits per heavy atom. The van der Waals surface area contributed by atoms with Gasteiger partial charge in [0.15, 0.2) is 11.6 Å². The van der Waals surface area contributed by atoms with E-state index in [9.17, 15) is 19.8 Å². The van der Waals surface area contributed by atoms with Crippen LogP contribution in [-0.4, -0.2) is 36.0 Å². The first-order valence-electron chi connectivity index (χ1n) is 13.9. The molecular formula is C36H27IO8. The van der Waals surface area contributed by atoms with E-state index in [1.54, 1.807) is 19.2 Å². The van der Waals surface area contributed by atoms with Crippen LogP contribution >= 0.6 is 22.6 Å². The molecule has 0 unspecified atom stereocenters. The number of Topliss-reactive ketones (excluding diaryl/α,β-unsaturated/α-hetero) is 2. The number of aromatic hydroxyl groups is 2. The zero-order valence-electron chi connectivity index (χ0n) is 24.3. The molecule has 2 heterocycles. The van der Waals surface area contributed by atoms with Gasteiger partial charge in [0.05, 0.1) is 14.2 Å². The summed E-state index contributed by atoms with van der Waals surface area (Å²) in [7, 11) is 3.10. The van der Waals surface area contributed by atoms with Crippen molar-refractivity contribution in [3.63, 3.8) is 0 Å². The molecule has 0 bridgehead atoms. The number of rotatable bonds is 3. The topological polar surface area (TPSA) is 112 Å². The number of carbonyl (C=O) groups excluding carboxylic acids is 2. The minimum absolute atomic E-state index is 0.0236. The van der Waals surface area contributed by atoms with Crippen molar-refractivity contribution in [2.24, 2.45) is 0 Å². The summed E-state index contributed by atoms with van der Waals surface area (Å²) in [6.45, 7) is 0. The van der Waals surface area contributed by atoms with E-state index in [-0.39, 0.29) is 40.8 Å². The van der Waals surface area contributed by atoms with Crippen LogP contribution in [0.2, 0.25) is 0 Å². The van der Waals surface area contributed by atoms with E-state index in [2.05, 4.69) is 22.6 Å². The minimum atomic E-state index is -0.272. The highest BCUT2D eigenvalue weighted by Crippen LogP contribution is 2.43. The maximum absolute atomic E-state index is 12.5. The molecule has 5 aromatic carbocycles. The van der Waals surface area contributed by atoms with Crippen LogP contribution in [0, 0.1) is 3.57 Å². The zero-order chi connectivity index (χ0) is 31.7. The molecule has 2 aliphatic rings. The molecule has 0 saturated heterocycles. The fourth-order valence-electron chi connectivity index (χ4n) is 5.28. The van der Waals surface area contributed by atoms with Crippen molar-refractivity contribution in [1.29, 1.82) is 0 Å². The van der Waals surface area contributed by atoms with Crippen molar-refractivity contribution >= 4 is 34.2 Å². The van der Waals surface area contributed by atoms with Gasteiger partial charge >= 0.3 is 0 Å². The van der Waals surface area contributed by atoms with Gasteiger partial charge in [0, 0.05) is 51.8 Å². The molecule has 226 valence electrons. The maximum Gasteiger partial charge on any atom is 0.174 e. The SMILES string of the molecule is COc1cc(OC)c2c(c1)Oc1cc(I)ccc1CC2=O.O=C1Cc2ccc(-c3ccccc3)cc2Oc2cc(O)cc(O)c21. The Morgan fingerprint density at radius 2 is 1.29 bits per heavy atom. The molecule has 0 fully saturated rings. The summed E-state index contributed by atoms with van der Waals surface area (Å²) in [5, 5.41) is 19.7. The minimum Gasteiger partial charge on any atom is -0.508 e. The lowest BCUT2D eigenvalue weighted by Gasteiger charge is -2.13. The fraction of sp³-hybridized carbons (Fsp3) is 0.111. The monoisotopic (exact) mass is 714 g/mol. The van der Waals surface area contributed by atoms with Gasteiger partial charge in [-0.2, -0.15) is 0 Å². The van der Waals surface area contributed by atoms with Gasteiger partial charge in [0.2, 0.25) is 0 Å². The number of fused-ring (bicyclic) bond motifs is 4. The fourth-order valence-corrected chi connectivity index (χ4v) is 5.74. The molecule has 2 N–H and O–H groups in total. The number of phenols is 2. The Kier molecular flexibility index (Phi) is 8.36. The molecule has 7 rings (SSSR count). The van der Waals surface area contributed by atoms with Crippen LogP contribution in [0.4, 0.5) is 0 Å². The van der Waals surface area contributed by atoms with E-state index in [4.69, 9.17) is 18.9 Å². The van der Waals surface area contributed by atoms with Crippen LogP contribution in [-0.2, 0) is 12.8 Å². The smallest absolute Gasteiger partial charge is 0.174 e. The van der Waals surface area contributed by atoms with Gasteiger partial charge < -0.3 is 29.2 Å². The van der Waals surface area contributed by atoms with Gasteiger partial charge in [-0.15, -0.1) is 0 Å². The molecule has 0 saturated carbocycles. The first-order chi connectivity index (χ1) is 21.7. The molecule has 45 heavy (non-hydrogen) atoms. The van der Waals surface area contributed by atoms with Crippen molar-refractivity contribution in [2.75, 3.05) is 14.2 Å². The average Bonchev–Trinajstić information content (AvgIpc) is 3.26. The first-order valence-corrected chi connectivity index (χ1v) is 15.0. The largest absolute Gasteiger partial charge is 0.508 e. The maximum atomic E-state index is 12.5. The average molecular weight is 715 g/mol. The molecule has 0 atom stereocenters. The Morgan fingerprint density at radius 1 is 0.644 bits per heavy atom. The lowest BCUT2D eigenvalue weighted by atomic mass is 9.99. The molecule has 0 radical (unpaired) electrons. The van der Waals surface area contributed by atoms with Crippen molar-refractivity contribution in [3.8, 4) is 57.1 Å². The van der Waals surface area contributed by atoms with E-state index < -0.39 is 0 Å². The number of hydrogen-bond acceptors (Lipinski definition) is 8. The van der Waals surface area contributed by atoms with E-state index in [0.717, 1.165) is 31.9 Å². The predicted octanol–water partition coefficient (Wildman–Crippen LogP) is 8.14. The van der Waals surface area contributed by atoms with Gasteiger partial charge in [0.1, 0.15) is 57.1 Å². The number of ketones is 2. The van der Waals surface area contributed by atoms with E-state index >= 15 is 0 Å². The second-order valence-corrected chi connectivity index (χ2v) is 11.6. The van der Waals surface area contributed by atoms with Crippen LogP contribution in [0.1, 0.15) is 31.8 Å². The highest BCUT2D eigenvalue weighted by molar-refractivity contribution is 14.1. The summed E-state index contributed by atoms with van der Waals surface area (Å²) < 4.78 is 23.4. The standard InChI is InChI=1S/C20H14O4.C16H13IO4/c21-15-10-17(23)20-16(22)8-14-7-6-13(12-4-2-1-3-5-12)9-18(14)24-19(20)11-15;1-19-11-7-14(20-2)16-12(18)5-9-3-4-10(17)6-13(9)21-15(16)8-11/h1-7,9-11,21,23H,8H2;3-4,6-8H,5H2,1-2H3. The third-order valence-corrected chi connectivity index (χ3v) is 8.14. The normalized spacial score (nSPS) is 12.8. The number of methoxy groups -OCH3 is 2. The Balaban J connectivity index is 0.000000160. The van der Waals surface area contributed by atoms with Crippen molar-refractivity contribution in [3.05, 3.63) is 117 Å².